The van der Waals surface area contributed by atoms with E-state index in [1.165, 1.54) is 31.0 Å². The molecule has 1 aliphatic rings. The van der Waals surface area contributed by atoms with Crippen molar-refractivity contribution in [3.05, 3.63) is 11.9 Å². The van der Waals surface area contributed by atoms with Gasteiger partial charge in [-0.15, -0.1) is 0 Å². The van der Waals surface area contributed by atoms with Crippen molar-refractivity contribution in [1.29, 1.82) is 0 Å². The summed E-state index contributed by atoms with van der Waals surface area (Å²) in [7, 11) is 0. The lowest BCUT2D eigenvalue weighted by Crippen LogP contribution is -2.21. The molecule has 1 N–H and O–H groups in total. The number of nitrogens with one attached hydrogen (secondary N) is 1. The van der Waals surface area contributed by atoms with E-state index in [9.17, 15) is 0 Å². The molecular formula is C9H15N3S. The molecule has 13 heavy (non-hydrogen) atoms. The first-order valence-corrected chi connectivity index (χ1v) is 5.64. The van der Waals surface area contributed by atoms with Gasteiger partial charge in [0, 0.05) is 0 Å². The summed E-state index contributed by atoms with van der Waals surface area (Å²) in [6.45, 7) is 3.15. The van der Waals surface area contributed by atoms with Crippen LogP contribution in [0.2, 0.25) is 0 Å². The zero-order valence-electron chi connectivity index (χ0n) is 7.86. The monoisotopic (exact) mass is 197 g/mol. The molecule has 1 atom stereocenters. The minimum absolute atomic E-state index is 0.441. The largest absolute Gasteiger partial charge is 0.309 e. The van der Waals surface area contributed by atoms with Crippen LogP contribution in [0.3, 0.4) is 0 Å². The summed E-state index contributed by atoms with van der Waals surface area (Å²) in [5.41, 5.74) is 1.12. The third-order valence-corrected chi connectivity index (χ3v) is 2.94. The highest BCUT2D eigenvalue weighted by atomic mass is 32.1. The van der Waals surface area contributed by atoms with Crippen LogP contribution in [0.5, 0.6) is 0 Å². The van der Waals surface area contributed by atoms with Gasteiger partial charge in [0.15, 0.2) is 0 Å². The summed E-state index contributed by atoms with van der Waals surface area (Å²) in [5.74, 6) is 0.936. The zero-order chi connectivity index (χ0) is 9.10. The molecule has 1 aliphatic carbocycles. The Bertz CT molecular complexity index is 243. The van der Waals surface area contributed by atoms with E-state index in [-0.39, 0.29) is 0 Å². The lowest BCUT2D eigenvalue weighted by atomic mass is 10.1. The van der Waals surface area contributed by atoms with Crippen molar-refractivity contribution in [2.24, 2.45) is 5.92 Å². The highest BCUT2D eigenvalue weighted by molar-refractivity contribution is 6.99. The van der Waals surface area contributed by atoms with Gasteiger partial charge in [0.25, 0.3) is 0 Å². The van der Waals surface area contributed by atoms with Crippen molar-refractivity contribution in [3.63, 3.8) is 0 Å². The number of hydrogen-bond donors (Lipinski definition) is 1. The molecule has 0 amide bonds. The van der Waals surface area contributed by atoms with E-state index in [1.807, 2.05) is 6.20 Å². The standard InChI is InChI=1S/C9H15N3S/c1-2-10-8(5-7-3-4-7)9-6-11-13-12-9/h6-8,10H,2-5H2,1H3. The molecule has 2 rings (SSSR count). The number of nitrogens with zero attached hydrogens (tertiary/aromatic N) is 2. The van der Waals surface area contributed by atoms with Crippen LogP contribution in [-0.2, 0) is 0 Å². The lowest BCUT2D eigenvalue weighted by molar-refractivity contribution is 0.479. The minimum Gasteiger partial charge on any atom is -0.309 e. The molecule has 0 bridgehead atoms. The molecule has 0 spiro atoms. The van der Waals surface area contributed by atoms with E-state index in [2.05, 4.69) is 21.0 Å². The van der Waals surface area contributed by atoms with Gasteiger partial charge in [0.2, 0.25) is 0 Å². The van der Waals surface area contributed by atoms with Crippen LogP contribution in [0.1, 0.15) is 37.9 Å². The van der Waals surface area contributed by atoms with E-state index < -0.39 is 0 Å². The molecule has 0 saturated heterocycles. The fraction of sp³-hybridized carbons (Fsp3) is 0.778. The lowest BCUT2D eigenvalue weighted by Gasteiger charge is -2.14. The average Bonchev–Trinajstić information content (AvgIpc) is 2.80. The molecule has 0 radical (unpaired) electrons. The molecule has 72 valence electrons. The molecular weight excluding hydrogens is 182 g/mol. The van der Waals surface area contributed by atoms with E-state index in [0.717, 1.165) is 18.2 Å². The highest BCUT2D eigenvalue weighted by Crippen LogP contribution is 2.37. The second-order valence-corrected chi connectivity index (χ2v) is 4.18. The van der Waals surface area contributed by atoms with Crippen molar-refractivity contribution in [2.75, 3.05) is 6.54 Å². The Morgan fingerprint density at radius 3 is 3.08 bits per heavy atom. The number of rotatable bonds is 5. The van der Waals surface area contributed by atoms with Crippen LogP contribution in [0.4, 0.5) is 0 Å². The third kappa shape index (κ3) is 2.48. The summed E-state index contributed by atoms with van der Waals surface area (Å²) in [5, 5.41) is 3.46. The van der Waals surface area contributed by atoms with Crippen molar-refractivity contribution in [3.8, 4) is 0 Å². The van der Waals surface area contributed by atoms with Gasteiger partial charge in [-0.3, -0.25) is 0 Å². The first-order chi connectivity index (χ1) is 6.40. The molecule has 1 saturated carbocycles. The topological polar surface area (TPSA) is 37.8 Å². The maximum atomic E-state index is 4.28. The Morgan fingerprint density at radius 1 is 1.69 bits per heavy atom. The van der Waals surface area contributed by atoms with Crippen LogP contribution in [0.25, 0.3) is 0 Å². The molecule has 1 fully saturated rings. The quantitative estimate of drug-likeness (QED) is 0.784. The van der Waals surface area contributed by atoms with E-state index in [1.54, 1.807) is 0 Å². The molecule has 0 aromatic carbocycles. The van der Waals surface area contributed by atoms with Crippen LogP contribution in [0, 0.1) is 5.92 Å². The second-order valence-electron chi connectivity index (χ2n) is 3.62. The Balaban J connectivity index is 1.95. The fourth-order valence-corrected chi connectivity index (χ4v) is 2.04. The van der Waals surface area contributed by atoms with E-state index in [0.29, 0.717) is 6.04 Å². The van der Waals surface area contributed by atoms with Gasteiger partial charge in [-0.25, -0.2) is 0 Å². The molecule has 0 aliphatic heterocycles. The van der Waals surface area contributed by atoms with Crippen molar-refractivity contribution in [2.45, 2.75) is 32.2 Å². The highest BCUT2D eigenvalue weighted by Gasteiger charge is 2.26. The Kier molecular flexibility index (Phi) is 2.90. The molecule has 3 nitrogen and oxygen atoms in total. The predicted molar refractivity (Wildman–Crippen MR) is 53.7 cm³/mol. The summed E-state index contributed by atoms with van der Waals surface area (Å²) in [4.78, 5) is 0. The second kappa shape index (κ2) is 4.15. The molecule has 1 heterocycles. The Hall–Kier alpha value is -0.480. The van der Waals surface area contributed by atoms with E-state index >= 15 is 0 Å². The molecule has 1 aromatic rings. The maximum absolute atomic E-state index is 4.28. The van der Waals surface area contributed by atoms with Gasteiger partial charge < -0.3 is 5.32 Å². The van der Waals surface area contributed by atoms with Gasteiger partial charge >= 0.3 is 0 Å². The summed E-state index contributed by atoms with van der Waals surface area (Å²) in [6.07, 6.45) is 5.93. The van der Waals surface area contributed by atoms with Crippen molar-refractivity contribution in [1.82, 2.24) is 14.1 Å². The number of aromatic nitrogens is 2. The maximum Gasteiger partial charge on any atom is 0.0912 e. The number of hydrogen-bond acceptors (Lipinski definition) is 4. The zero-order valence-corrected chi connectivity index (χ0v) is 8.68. The first-order valence-electron chi connectivity index (χ1n) is 4.91. The third-order valence-electron chi connectivity index (χ3n) is 2.45. The van der Waals surface area contributed by atoms with Gasteiger partial charge in [-0.2, -0.15) is 8.75 Å². The summed E-state index contributed by atoms with van der Waals surface area (Å²) in [6, 6.07) is 0.441. The Morgan fingerprint density at radius 2 is 2.54 bits per heavy atom. The molecule has 1 unspecified atom stereocenters. The van der Waals surface area contributed by atoms with Crippen LogP contribution < -0.4 is 5.32 Å². The minimum atomic E-state index is 0.441. The van der Waals surface area contributed by atoms with Gasteiger partial charge in [0.05, 0.1) is 29.7 Å². The first kappa shape index (κ1) is 9.09. The van der Waals surface area contributed by atoms with Crippen molar-refractivity contribution < 1.29 is 0 Å². The summed E-state index contributed by atoms with van der Waals surface area (Å²) < 4.78 is 8.33. The molecule has 4 heteroatoms. The average molecular weight is 197 g/mol. The van der Waals surface area contributed by atoms with Crippen LogP contribution in [-0.4, -0.2) is 15.3 Å². The van der Waals surface area contributed by atoms with E-state index in [4.69, 9.17) is 0 Å². The van der Waals surface area contributed by atoms with Gasteiger partial charge in [-0.05, 0) is 18.9 Å². The summed E-state index contributed by atoms with van der Waals surface area (Å²) >= 11 is 1.30. The fourth-order valence-electron chi connectivity index (χ4n) is 1.57. The van der Waals surface area contributed by atoms with Crippen LogP contribution >= 0.6 is 11.7 Å². The predicted octanol–water partition coefficient (Wildman–Crippen LogP) is 1.99. The van der Waals surface area contributed by atoms with Gasteiger partial charge in [-0.1, -0.05) is 19.8 Å². The normalized spacial score (nSPS) is 18.8. The van der Waals surface area contributed by atoms with Gasteiger partial charge in [0.1, 0.15) is 0 Å². The van der Waals surface area contributed by atoms with Crippen molar-refractivity contribution >= 4 is 11.7 Å². The smallest absolute Gasteiger partial charge is 0.0912 e. The van der Waals surface area contributed by atoms with Crippen LogP contribution in [0.15, 0.2) is 6.20 Å². The Labute approximate surface area is 82.9 Å². The molecule has 1 aromatic heterocycles. The SMILES string of the molecule is CCNC(CC1CC1)c1cnsn1.